The van der Waals surface area contributed by atoms with Crippen LogP contribution in [0.5, 0.6) is 0 Å². The summed E-state index contributed by atoms with van der Waals surface area (Å²) < 4.78 is 36.7. The number of esters is 1. The number of hydrogen-bond donors (Lipinski definition) is 2. The third-order valence-corrected chi connectivity index (χ3v) is 5.19. The summed E-state index contributed by atoms with van der Waals surface area (Å²) in [5.74, 6) is -2.53. The SMILES string of the molecule is CCCSNc1ccc(F)c(C(=O)c2c[nH]c3ncc(/C=C/C(=O)OC)cc23)c1F.O.O. The topological polar surface area (TPSA) is 147 Å². The van der Waals surface area contributed by atoms with Crippen molar-refractivity contribution < 1.29 is 34.1 Å². The fourth-order valence-corrected chi connectivity index (χ4v) is 3.36. The average Bonchev–Trinajstić information content (AvgIpc) is 3.17. The number of nitrogens with zero attached hydrogens (tertiary/aromatic N) is 1. The van der Waals surface area contributed by atoms with Crippen LogP contribution in [0.2, 0.25) is 0 Å². The number of anilines is 1. The molecule has 11 heteroatoms. The minimum Gasteiger partial charge on any atom is -0.466 e. The molecule has 0 saturated carbocycles. The maximum Gasteiger partial charge on any atom is 0.330 e. The second kappa shape index (κ2) is 11.9. The number of fused-ring (bicyclic) bond motifs is 1. The summed E-state index contributed by atoms with van der Waals surface area (Å²) in [4.78, 5) is 31.3. The minimum absolute atomic E-state index is 0. The molecular formula is C21H23F2N3O5S. The van der Waals surface area contributed by atoms with Crippen molar-refractivity contribution in [1.82, 2.24) is 9.97 Å². The van der Waals surface area contributed by atoms with Crippen LogP contribution in [0.25, 0.3) is 17.1 Å². The Kier molecular flexibility index (Phi) is 9.98. The second-order valence-corrected chi connectivity index (χ2v) is 7.19. The van der Waals surface area contributed by atoms with Crippen molar-refractivity contribution >= 4 is 46.5 Å². The summed E-state index contributed by atoms with van der Waals surface area (Å²) in [6.45, 7) is 1.98. The Morgan fingerprint density at radius 2 is 2.03 bits per heavy atom. The maximum absolute atomic E-state index is 14.9. The molecule has 0 radical (unpaired) electrons. The van der Waals surface area contributed by atoms with Gasteiger partial charge in [0, 0.05) is 35.2 Å². The number of H-pyrrole nitrogens is 1. The molecule has 0 amide bonds. The number of carbonyl (C=O) groups excluding carboxylic acids is 2. The van der Waals surface area contributed by atoms with E-state index in [2.05, 4.69) is 19.4 Å². The van der Waals surface area contributed by atoms with Crippen LogP contribution in [-0.2, 0) is 9.53 Å². The number of ketones is 1. The summed E-state index contributed by atoms with van der Waals surface area (Å²) >= 11 is 1.27. The summed E-state index contributed by atoms with van der Waals surface area (Å²) in [6.07, 6.45) is 6.40. The Bertz CT molecular complexity index is 1130. The molecule has 0 bridgehead atoms. The van der Waals surface area contributed by atoms with E-state index in [0.717, 1.165) is 18.2 Å². The molecule has 0 saturated heterocycles. The Morgan fingerprint density at radius 3 is 2.72 bits per heavy atom. The van der Waals surface area contributed by atoms with Crippen molar-refractivity contribution in [1.29, 1.82) is 0 Å². The molecule has 2 heterocycles. The van der Waals surface area contributed by atoms with Gasteiger partial charge in [-0.3, -0.25) is 4.79 Å². The van der Waals surface area contributed by atoms with Crippen LogP contribution in [0.1, 0.15) is 34.8 Å². The molecule has 0 fully saturated rings. The number of carbonyl (C=O) groups is 2. The number of halogens is 2. The lowest BCUT2D eigenvalue weighted by Gasteiger charge is -2.10. The number of ether oxygens (including phenoxy) is 1. The number of aromatic nitrogens is 2. The number of benzene rings is 1. The van der Waals surface area contributed by atoms with Crippen molar-refractivity contribution in [2.75, 3.05) is 17.6 Å². The monoisotopic (exact) mass is 467 g/mol. The van der Waals surface area contributed by atoms with E-state index in [4.69, 9.17) is 0 Å². The first-order valence-corrected chi connectivity index (χ1v) is 10.1. The van der Waals surface area contributed by atoms with Crippen molar-refractivity contribution in [2.24, 2.45) is 0 Å². The number of hydrogen-bond acceptors (Lipinski definition) is 6. The van der Waals surface area contributed by atoms with Crippen LogP contribution in [0.3, 0.4) is 0 Å². The van der Waals surface area contributed by atoms with E-state index in [9.17, 15) is 18.4 Å². The standard InChI is InChI=1S/C21H19F2N3O3S.2H2O/c1-3-8-30-26-16-6-5-15(22)18(19(16)23)20(28)14-11-25-21-13(14)9-12(10-24-21)4-7-17(27)29-2;;/h4-7,9-11,26H,3,8H2,1-2H3,(H,24,25);2*1H2/b7-4+;;. The molecule has 6 N–H and O–H groups in total. The van der Waals surface area contributed by atoms with Crippen molar-refractivity contribution in [2.45, 2.75) is 13.3 Å². The Labute approximate surface area is 186 Å². The predicted molar refractivity (Wildman–Crippen MR) is 121 cm³/mol. The largest absolute Gasteiger partial charge is 0.466 e. The first kappa shape index (κ1) is 26.8. The normalized spacial score (nSPS) is 10.5. The molecule has 0 unspecified atom stereocenters. The Balaban J connectivity index is 0.00000256. The summed E-state index contributed by atoms with van der Waals surface area (Å²) in [6, 6.07) is 3.92. The highest BCUT2D eigenvalue weighted by Gasteiger charge is 2.24. The second-order valence-electron chi connectivity index (χ2n) is 6.29. The zero-order chi connectivity index (χ0) is 21.7. The lowest BCUT2D eigenvalue weighted by molar-refractivity contribution is -0.134. The summed E-state index contributed by atoms with van der Waals surface area (Å²) in [5.41, 5.74) is 0.365. The summed E-state index contributed by atoms with van der Waals surface area (Å²) in [5, 5.41) is 0.379. The van der Waals surface area contributed by atoms with Gasteiger partial charge in [0.1, 0.15) is 11.5 Å². The average molecular weight is 467 g/mol. The first-order chi connectivity index (χ1) is 14.5. The molecule has 32 heavy (non-hydrogen) atoms. The molecular weight excluding hydrogens is 444 g/mol. The zero-order valence-corrected chi connectivity index (χ0v) is 18.1. The number of methoxy groups -OCH3 is 1. The van der Waals surface area contributed by atoms with Gasteiger partial charge in [-0.05, 0) is 36.3 Å². The van der Waals surface area contributed by atoms with E-state index >= 15 is 0 Å². The van der Waals surface area contributed by atoms with E-state index in [1.54, 1.807) is 6.07 Å². The van der Waals surface area contributed by atoms with Gasteiger partial charge in [0.25, 0.3) is 0 Å². The van der Waals surface area contributed by atoms with Crippen LogP contribution in [-0.4, -0.2) is 45.5 Å². The van der Waals surface area contributed by atoms with E-state index in [1.165, 1.54) is 49.7 Å². The highest BCUT2D eigenvalue weighted by Crippen LogP contribution is 2.28. The minimum atomic E-state index is -0.951. The highest BCUT2D eigenvalue weighted by molar-refractivity contribution is 8.00. The number of rotatable bonds is 8. The Hall–Kier alpha value is -3.28. The van der Waals surface area contributed by atoms with E-state index in [-0.39, 0.29) is 22.2 Å². The van der Waals surface area contributed by atoms with E-state index in [1.807, 2.05) is 6.92 Å². The number of pyridine rings is 1. The van der Waals surface area contributed by atoms with E-state index < -0.39 is 29.0 Å². The van der Waals surface area contributed by atoms with Gasteiger partial charge in [-0.25, -0.2) is 18.6 Å². The van der Waals surface area contributed by atoms with Gasteiger partial charge in [0.15, 0.2) is 5.82 Å². The van der Waals surface area contributed by atoms with Gasteiger partial charge in [0.05, 0.1) is 18.4 Å². The highest BCUT2D eigenvalue weighted by atomic mass is 32.2. The predicted octanol–water partition coefficient (Wildman–Crippen LogP) is 3.08. The zero-order valence-electron chi connectivity index (χ0n) is 17.3. The van der Waals surface area contributed by atoms with Gasteiger partial charge in [-0.15, -0.1) is 0 Å². The van der Waals surface area contributed by atoms with Crippen molar-refractivity contribution in [3.8, 4) is 0 Å². The third-order valence-electron chi connectivity index (χ3n) is 4.22. The fraction of sp³-hybridized carbons (Fsp3) is 0.190. The molecule has 0 atom stereocenters. The maximum atomic E-state index is 14.9. The van der Waals surface area contributed by atoms with Crippen molar-refractivity contribution in [3.05, 3.63) is 65.0 Å². The lowest BCUT2D eigenvalue weighted by atomic mass is 10.0. The van der Waals surface area contributed by atoms with Crippen molar-refractivity contribution in [3.63, 3.8) is 0 Å². The third kappa shape index (κ3) is 5.69. The quantitative estimate of drug-likeness (QED) is 0.171. The smallest absolute Gasteiger partial charge is 0.330 e. The molecule has 3 rings (SSSR count). The molecule has 172 valence electrons. The van der Waals surface area contributed by atoms with E-state index in [0.29, 0.717) is 16.6 Å². The van der Waals surface area contributed by atoms with Crippen LogP contribution in [0.4, 0.5) is 14.5 Å². The lowest BCUT2D eigenvalue weighted by Crippen LogP contribution is -2.09. The van der Waals surface area contributed by atoms with Gasteiger partial charge in [-0.1, -0.05) is 18.9 Å². The summed E-state index contributed by atoms with van der Waals surface area (Å²) in [7, 11) is 1.25. The molecule has 1 aromatic carbocycles. The van der Waals surface area contributed by atoms with Crippen LogP contribution in [0, 0.1) is 11.6 Å². The number of nitrogens with one attached hydrogen (secondary N) is 2. The molecule has 0 spiro atoms. The molecule has 0 aliphatic rings. The molecule has 3 aromatic rings. The van der Waals surface area contributed by atoms with Crippen LogP contribution < -0.4 is 4.72 Å². The Morgan fingerprint density at radius 1 is 1.28 bits per heavy atom. The molecule has 2 aromatic heterocycles. The fourth-order valence-electron chi connectivity index (χ4n) is 2.74. The van der Waals surface area contributed by atoms with Gasteiger partial charge in [0.2, 0.25) is 5.78 Å². The number of aromatic amines is 1. The van der Waals surface area contributed by atoms with Gasteiger partial charge >= 0.3 is 5.97 Å². The van der Waals surface area contributed by atoms with Gasteiger partial charge < -0.3 is 25.4 Å². The molecule has 8 nitrogen and oxygen atoms in total. The molecule has 0 aliphatic heterocycles. The van der Waals surface area contributed by atoms with Crippen LogP contribution in [0.15, 0.2) is 36.7 Å². The van der Waals surface area contributed by atoms with Gasteiger partial charge in [-0.2, -0.15) is 0 Å². The molecule has 0 aliphatic carbocycles. The van der Waals surface area contributed by atoms with Crippen LogP contribution >= 0.6 is 11.9 Å². The first-order valence-electron chi connectivity index (χ1n) is 9.10.